The van der Waals surface area contributed by atoms with Crippen LogP contribution in [0.4, 0.5) is 5.13 Å². The number of thiazole rings is 2. The SMILES string of the molecule is COc1ccc(S(=O)(=O)N2CCC(C(=O)Nc3nc(-c4nc5ccccc5s4)cs3)CC2)cc1. The summed E-state index contributed by atoms with van der Waals surface area (Å²) in [5.41, 5.74) is 1.67. The van der Waals surface area contributed by atoms with E-state index >= 15 is 0 Å². The Labute approximate surface area is 205 Å². The van der Waals surface area contributed by atoms with Gasteiger partial charge in [-0.05, 0) is 49.2 Å². The standard InChI is InChI=1S/C23H22N4O4S3/c1-31-16-6-8-17(9-7-16)34(29,30)27-12-10-15(11-13-27)21(28)26-23-25-19(14-32-23)22-24-18-4-2-3-5-20(18)33-22/h2-9,14-15H,10-13H2,1H3,(H,25,26,28). The lowest BCUT2D eigenvalue weighted by atomic mass is 9.97. The Hall–Kier alpha value is -2.86. The average molecular weight is 515 g/mol. The number of carbonyl (C=O) groups is 1. The molecule has 34 heavy (non-hydrogen) atoms. The highest BCUT2D eigenvalue weighted by molar-refractivity contribution is 7.89. The van der Waals surface area contributed by atoms with Gasteiger partial charge in [0.05, 0.1) is 22.2 Å². The van der Waals surface area contributed by atoms with Crippen molar-refractivity contribution in [2.24, 2.45) is 5.92 Å². The molecule has 1 fully saturated rings. The third-order valence-corrected chi connectivity index (χ3v) is 9.50. The number of fused-ring (bicyclic) bond motifs is 1. The zero-order chi connectivity index (χ0) is 23.7. The van der Waals surface area contributed by atoms with Crippen LogP contribution >= 0.6 is 22.7 Å². The van der Waals surface area contributed by atoms with E-state index in [2.05, 4.69) is 15.3 Å². The van der Waals surface area contributed by atoms with Crippen molar-refractivity contribution in [1.29, 1.82) is 0 Å². The van der Waals surface area contributed by atoms with Gasteiger partial charge in [-0.25, -0.2) is 18.4 Å². The fourth-order valence-electron chi connectivity index (χ4n) is 3.87. The Morgan fingerprint density at radius 3 is 2.53 bits per heavy atom. The lowest BCUT2D eigenvalue weighted by Gasteiger charge is -2.30. The topological polar surface area (TPSA) is 101 Å². The van der Waals surface area contributed by atoms with Crippen LogP contribution in [0.15, 0.2) is 58.8 Å². The molecule has 11 heteroatoms. The first-order chi connectivity index (χ1) is 16.4. The zero-order valence-corrected chi connectivity index (χ0v) is 20.8. The number of sulfonamides is 1. The molecule has 5 rings (SSSR count). The van der Waals surface area contributed by atoms with Crippen LogP contribution in [0.1, 0.15) is 12.8 Å². The first-order valence-corrected chi connectivity index (χ1v) is 13.8. The smallest absolute Gasteiger partial charge is 0.243 e. The zero-order valence-electron chi connectivity index (χ0n) is 18.3. The normalized spacial score (nSPS) is 15.4. The fourth-order valence-corrected chi connectivity index (χ4v) is 7.04. The number of ether oxygens (including phenoxy) is 1. The van der Waals surface area contributed by atoms with Crippen LogP contribution in [0, 0.1) is 5.92 Å². The minimum absolute atomic E-state index is 0.133. The van der Waals surface area contributed by atoms with Crippen LogP contribution in [0.3, 0.4) is 0 Å². The van der Waals surface area contributed by atoms with E-state index in [4.69, 9.17) is 4.74 Å². The molecular formula is C23H22N4O4S3. The summed E-state index contributed by atoms with van der Waals surface area (Å²) in [6.45, 7) is 0.586. The van der Waals surface area contributed by atoms with Crippen LogP contribution < -0.4 is 10.1 Å². The number of anilines is 1. The Kier molecular flexibility index (Phi) is 6.34. The number of nitrogens with zero attached hydrogens (tertiary/aromatic N) is 3. The average Bonchev–Trinajstić information content (AvgIpc) is 3.51. The molecule has 4 aromatic rings. The summed E-state index contributed by atoms with van der Waals surface area (Å²) in [7, 11) is -2.07. The summed E-state index contributed by atoms with van der Waals surface area (Å²) in [5.74, 6) is 0.201. The molecule has 0 bridgehead atoms. The van der Waals surface area contributed by atoms with Gasteiger partial charge in [-0.3, -0.25) is 4.79 Å². The molecule has 0 saturated carbocycles. The van der Waals surface area contributed by atoms with Crippen molar-refractivity contribution in [2.45, 2.75) is 17.7 Å². The highest BCUT2D eigenvalue weighted by Crippen LogP contribution is 2.32. The van der Waals surface area contributed by atoms with Crippen molar-refractivity contribution in [3.63, 3.8) is 0 Å². The van der Waals surface area contributed by atoms with Crippen LogP contribution in [-0.4, -0.2) is 48.8 Å². The molecule has 8 nitrogen and oxygen atoms in total. The van der Waals surface area contributed by atoms with Gasteiger partial charge in [-0.1, -0.05) is 12.1 Å². The van der Waals surface area contributed by atoms with Gasteiger partial charge in [-0.15, -0.1) is 22.7 Å². The molecule has 3 heterocycles. The second-order valence-electron chi connectivity index (χ2n) is 7.87. The molecule has 0 atom stereocenters. The molecule has 1 aliphatic rings. The molecule has 0 aliphatic carbocycles. The molecular weight excluding hydrogens is 492 g/mol. The van der Waals surface area contributed by atoms with Crippen LogP contribution in [0.2, 0.25) is 0 Å². The molecule has 0 unspecified atom stereocenters. The minimum Gasteiger partial charge on any atom is -0.497 e. The largest absolute Gasteiger partial charge is 0.497 e. The summed E-state index contributed by atoms with van der Waals surface area (Å²) < 4.78 is 33.5. The number of hydrogen-bond acceptors (Lipinski definition) is 8. The molecule has 0 spiro atoms. The summed E-state index contributed by atoms with van der Waals surface area (Å²) >= 11 is 2.92. The number of carbonyl (C=O) groups excluding carboxylic acids is 1. The Bertz CT molecular complexity index is 1390. The first-order valence-electron chi connectivity index (χ1n) is 10.7. The van der Waals surface area contributed by atoms with Gasteiger partial charge >= 0.3 is 0 Å². The van der Waals surface area contributed by atoms with E-state index in [-0.39, 0.29) is 16.7 Å². The number of para-hydroxylation sites is 1. The second-order valence-corrected chi connectivity index (χ2v) is 11.7. The molecule has 0 radical (unpaired) electrons. The quantitative estimate of drug-likeness (QED) is 0.407. The highest BCUT2D eigenvalue weighted by atomic mass is 32.2. The molecule has 176 valence electrons. The van der Waals surface area contributed by atoms with E-state index in [1.54, 1.807) is 35.6 Å². The van der Waals surface area contributed by atoms with Gasteiger partial charge in [0.25, 0.3) is 0 Å². The number of amides is 1. The lowest BCUT2D eigenvalue weighted by Crippen LogP contribution is -2.41. The van der Waals surface area contributed by atoms with Crippen molar-refractivity contribution < 1.29 is 17.9 Å². The van der Waals surface area contributed by atoms with Crippen molar-refractivity contribution in [3.8, 4) is 16.5 Å². The third-order valence-electron chi connectivity index (χ3n) is 5.77. The summed E-state index contributed by atoms with van der Waals surface area (Å²) in [5, 5.41) is 6.12. The summed E-state index contributed by atoms with van der Waals surface area (Å²) in [6, 6.07) is 14.2. The Morgan fingerprint density at radius 1 is 1.09 bits per heavy atom. The maximum atomic E-state index is 12.9. The second kappa shape index (κ2) is 9.41. The van der Waals surface area contributed by atoms with E-state index in [0.717, 1.165) is 20.9 Å². The molecule has 1 amide bonds. The monoisotopic (exact) mass is 514 g/mol. The molecule has 1 aliphatic heterocycles. The molecule has 2 aromatic carbocycles. The van der Waals surface area contributed by atoms with Crippen molar-refractivity contribution in [2.75, 3.05) is 25.5 Å². The summed E-state index contributed by atoms with van der Waals surface area (Å²) in [4.78, 5) is 22.2. The maximum absolute atomic E-state index is 12.9. The van der Waals surface area contributed by atoms with Crippen LogP contribution in [0.5, 0.6) is 5.75 Å². The lowest BCUT2D eigenvalue weighted by molar-refractivity contribution is -0.120. The Morgan fingerprint density at radius 2 is 1.82 bits per heavy atom. The number of rotatable bonds is 6. The van der Waals surface area contributed by atoms with Gasteiger partial charge in [0.2, 0.25) is 15.9 Å². The number of aromatic nitrogens is 2. The van der Waals surface area contributed by atoms with Gasteiger partial charge in [0.15, 0.2) is 5.13 Å². The van der Waals surface area contributed by atoms with Gasteiger partial charge < -0.3 is 10.1 Å². The van der Waals surface area contributed by atoms with Crippen molar-refractivity contribution in [3.05, 3.63) is 53.9 Å². The fraction of sp³-hybridized carbons (Fsp3) is 0.261. The minimum atomic E-state index is -3.60. The predicted molar refractivity (Wildman–Crippen MR) is 134 cm³/mol. The van der Waals surface area contributed by atoms with E-state index in [0.29, 0.717) is 36.8 Å². The van der Waals surface area contributed by atoms with E-state index in [1.165, 1.54) is 22.8 Å². The van der Waals surface area contributed by atoms with Gasteiger partial charge in [0, 0.05) is 24.4 Å². The number of benzene rings is 2. The van der Waals surface area contributed by atoms with Crippen LogP contribution in [-0.2, 0) is 14.8 Å². The van der Waals surface area contributed by atoms with E-state index in [9.17, 15) is 13.2 Å². The van der Waals surface area contributed by atoms with Gasteiger partial charge in [-0.2, -0.15) is 4.31 Å². The predicted octanol–water partition coefficient (Wildman–Crippen LogP) is 4.47. The number of methoxy groups -OCH3 is 1. The summed E-state index contributed by atoms with van der Waals surface area (Å²) in [6.07, 6.45) is 0.911. The van der Waals surface area contributed by atoms with Crippen molar-refractivity contribution >= 4 is 54.0 Å². The Balaban J connectivity index is 1.20. The third kappa shape index (κ3) is 4.56. The first kappa shape index (κ1) is 22.9. The van der Waals surface area contributed by atoms with Crippen molar-refractivity contribution in [1.82, 2.24) is 14.3 Å². The molecule has 2 aromatic heterocycles. The van der Waals surface area contributed by atoms with Gasteiger partial charge in [0.1, 0.15) is 16.5 Å². The number of hydrogen-bond donors (Lipinski definition) is 1. The number of piperidine rings is 1. The number of nitrogens with one attached hydrogen (secondary N) is 1. The van der Waals surface area contributed by atoms with Crippen LogP contribution in [0.25, 0.3) is 20.9 Å². The maximum Gasteiger partial charge on any atom is 0.243 e. The molecule has 1 N–H and O–H groups in total. The highest BCUT2D eigenvalue weighted by Gasteiger charge is 2.32. The van der Waals surface area contributed by atoms with E-state index in [1.807, 2.05) is 29.6 Å². The molecule has 1 saturated heterocycles. The van der Waals surface area contributed by atoms with E-state index < -0.39 is 10.0 Å².